The second kappa shape index (κ2) is 9.14. The highest BCUT2D eigenvalue weighted by Gasteiger charge is 2.13. The zero-order valence-corrected chi connectivity index (χ0v) is 11.4. The molecule has 1 rings (SSSR count). The standard InChI is InChI=1S/C12H26N2OS/c1-2-3-4-5-6-13-7-8-14-9-11-16(15)12-10-14/h13H,2-12H2,1H3. The summed E-state index contributed by atoms with van der Waals surface area (Å²) in [7, 11) is -0.536. The van der Waals surface area contributed by atoms with Crippen LogP contribution in [0.4, 0.5) is 0 Å². The van der Waals surface area contributed by atoms with Crippen molar-refractivity contribution in [2.24, 2.45) is 0 Å². The van der Waals surface area contributed by atoms with Crippen molar-refractivity contribution in [3.05, 3.63) is 0 Å². The minimum Gasteiger partial charge on any atom is -0.315 e. The van der Waals surface area contributed by atoms with Crippen LogP contribution in [0.25, 0.3) is 0 Å². The number of unbranched alkanes of at least 4 members (excludes halogenated alkanes) is 3. The minimum absolute atomic E-state index is 0.536. The fourth-order valence-corrected chi connectivity index (χ4v) is 3.07. The van der Waals surface area contributed by atoms with E-state index in [1.165, 1.54) is 25.7 Å². The van der Waals surface area contributed by atoms with Crippen LogP contribution in [0.5, 0.6) is 0 Å². The van der Waals surface area contributed by atoms with Gasteiger partial charge >= 0.3 is 0 Å². The fraction of sp³-hybridized carbons (Fsp3) is 1.00. The van der Waals surface area contributed by atoms with Crippen molar-refractivity contribution >= 4 is 10.8 Å². The molecule has 1 saturated heterocycles. The lowest BCUT2D eigenvalue weighted by Gasteiger charge is -2.26. The van der Waals surface area contributed by atoms with Crippen molar-refractivity contribution in [3.63, 3.8) is 0 Å². The van der Waals surface area contributed by atoms with Gasteiger partial charge in [-0.15, -0.1) is 0 Å². The maximum atomic E-state index is 11.2. The molecule has 96 valence electrons. The summed E-state index contributed by atoms with van der Waals surface area (Å²) in [5, 5.41) is 3.49. The summed E-state index contributed by atoms with van der Waals surface area (Å²) in [6.07, 6.45) is 5.33. The number of hydrogen-bond acceptors (Lipinski definition) is 3. The maximum absolute atomic E-state index is 11.2. The Kier molecular flexibility index (Phi) is 8.07. The van der Waals surface area contributed by atoms with E-state index in [-0.39, 0.29) is 0 Å². The molecule has 0 aromatic heterocycles. The SMILES string of the molecule is CCCCCCNCCN1CCS(=O)CC1. The number of nitrogens with zero attached hydrogens (tertiary/aromatic N) is 1. The van der Waals surface area contributed by atoms with E-state index in [1.807, 2.05) is 0 Å². The van der Waals surface area contributed by atoms with E-state index in [1.54, 1.807) is 0 Å². The molecule has 0 radical (unpaired) electrons. The van der Waals surface area contributed by atoms with Crippen LogP contribution in [0, 0.1) is 0 Å². The normalized spacial score (nSPS) is 19.1. The molecule has 16 heavy (non-hydrogen) atoms. The Balaban J connectivity index is 1.85. The predicted molar refractivity (Wildman–Crippen MR) is 71.3 cm³/mol. The first-order valence-corrected chi connectivity index (χ1v) is 8.09. The Morgan fingerprint density at radius 1 is 1.12 bits per heavy atom. The maximum Gasteiger partial charge on any atom is 0.0363 e. The van der Waals surface area contributed by atoms with Gasteiger partial charge in [0.15, 0.2) is 0 Å². The summed E-state index contributed by atoms with van der Waals surface area (Å²) in [6, 6.07) is 0. The molecular formula is C12H26N2OS. The number of hydrogen-bond donors (Lipinski definition) is 1. The van der Waals surface area contributed by atoms with Gasteiger partial charge in [-0.05, 0) is 13.0 Å². The lowest BCUT2D eigenvalue weighted by Crippen LogP contribution is -2.41. The van der Waals surface area contributed by atoms with Gasteiger partial charge in [0.1, 0.15) is 0 Å². The Labute approximate surface area is 102 Å². The van der Waals surface area contributed by atoms with Gasteiger partial charge in [-0.2, -0.15) is 0 Å². The molecule has 1 N–H and O–H groups in total. The Morgan fingerprint density at radius 3 is 2.56 bits per heavy atom. The quantitative estimate of drug-likeness (QED) is 0.654. The second-order valence-corrected chi connectivity index (χ2v) is 6.20. The Bertz CT molecular complexity index is 189. The highest BCUT2D eigenvalue weighted by atomic mass is 32.2. The van der Waals surface area contributed by atoms with Crippen LogP contribution >= 0.6 is 0 Å². The van der Waals surface area contributed by atoms with E-state index in [9.17, 15) is 4.21 Å². The van der Waals surface area contributed by atoms with Crippen LogP contribution in [0.15, 0.2) is 0 Å². The molecule has 0 atom stereocenters. The van der Waals surface area contributed by atoms with Gasteiger partial charge in [0.25, 0.3) is 0 Å². The summed E-state index contributed by atoms with van der Waals surface area (Å²) in [4.78, 5) is 2.42. The van der Waals surface area contributed by atoms with Crippen molar-refractivity contribution in [1.29, 1.82) is 0 Å². The average molecular weight is 246 g/mol. The van der Waals surface area contributed by atoms with Crippen LogP contribution in [0.1, 0.15) is 32.6 Å². The molecule has 0 aliphatic carbocycles. The Hall–Kier alpha value is 0.0700. The van der Waals surface area contributed by atoms with E-state index >= 15 is 0 Å². The van der Waals surface area contributed by atoms with Crippen LogP contribution in [-0.2, 0) is 10.8 Å². The van der Waals surface area contributed by atoms with Gasteiger partial charge in [0, 0.05) is 48.5 Å². The van der Waals surface area contributed by atoms with Crippen molar-refractivity contribution in [2.75, 3.05) is 44.2 Å². The molecule has 0 aromatic rings. The van der Waals surface area contributed by atoms with E-state index in [2.05, 4.69) is 17.1 Å². The third kappa shape index (κ3) is 6.61. The molecule has 1 heterocycles. The van der Waals surface area contributed by atoms with Crippen LogP contribution in [0.2, 0.25) is 0 Å². The van der Waals surface area contributed by atoms with E-state index in [0.29, 0.717) is 0 Å². The molecule has 1 aliphatic heterocycles. The van der Waals surface area contributed by atoms with Crippen LogP contribution in [-0.4, -0.2) is 53.3 Å². The molecule has 0 aromatic carbocycles. The summed E-state index contributed by atoms with van der Waals surface area (Å²) in [5.74, 6) is 1.74. The number of rotatable bonds is 8. The molecule has 0 unspecified atom stereocenters. The summed E-state index contributed by atoms with van der Waals surface area (Å²) in [6.45, 7) is 7.63. The second-order valence-electron chi connectivity index (χ2n) is 4.50. The van der Waals surface area contributed by atoms with Crippen molar-refractivity contribution < 1.29 is 4.21 Å². The molecule has 4 heteroatoms. The lowest BCUT2D eigenvalue weighted by molar-refractivity contribution is 0.298. The van der Waals surface area contributed by atoms with Gasteiger partial charge in [-0.3, -0.25) is 4.21 Å². The van der Waals surface area contributed by atoms with Gasteiger partial charge in [0.05, 0.1) is 0 Å². The smallest absolute Gasteiger partial charge is 0.0363 e. The minimum atomic E-state index is -0.536. The molecule has 0 bridgehead atoms. The van der Waals surface area contributed by atoms with Crippen molar-refractivity contribution in [3.8, 4) is 0 Å². The van der Waals surface area contributed by atoms with E-state index < -0.39 is 10.8 Å². The van der Waals surface area contributed by atoms with Gasteiger partial charge in [0.2, 0.25) is 0 Å². The molecule has 1 fully saturated rings. The van der Waals surface area contributed by atoms with Gasteiger partial charge in [-0.25, -0.2) is 0 Å². The third-order valence-corrected chi connectivity index (χ3v) is 4.36. The van der Waals surface area contributed by atoms with E-state index in [0.717, 1.165) is 44.2 Å². The molecule has 0 saturated carbocycles. The predicted octanol–water partition coefficient (Wildman–Crippen LogP) is 1.22. The molecule has 3 nitrogen and oxygen atoms in total. The van der Waals surface area contributed by atoms with Crippen molar-refractivity contribution in [2.45, 2.75) is 32.6 Å². The fourth-order valence-electron chi connectivity index (χ4n) is 1.94. The molecule has 0 amide bonds. The first kappa shape index (κ1) is 14.1. The summed E-state index contributed by atoms with van der Waals surface area (Å²) in [5.41, 5.74) is 0. The van der Waals surface area contributed by atoms with Gasteiger partial charge < -0.3 is 10.2 Å². The van der Waals surface area contributed by atoms with E-state index in [4.69, 9.17) is 0 Å². The number of nitrogens with one attached hydrogen (secondary N) is 1. The van der Waals surface area contributed by atoms with Crippen LogP contribution in [0.3, 0.4) is 0 Å². The molecule has 1 aliphatic rings. The molecular weight excluding hydrogens is 220 g/mol. The van der Waals surface area contributed by atoms with Crippen LogP contribution < -0.4 is 5.32 Å². The van der Waals surface area contributed by atoms with Gasteiger partial charge in [-0.1, -0.05) is 26.2 Å². The topological polar surface area (TPSA) is 32.3 Å². The molecule has 0 spiro atoms. The zero-order chi connectivity index (χ0) is 11.6. The lowest BCUT2D eigenvalue weighted by atomic mass is 10.2. The zero-order valence-electron chi connectivity index (χ0n) is 10.5. The van der Waals surface area contributed by atoms with Crippen molar-refractivity contribution in [1.82, 2.24) is 10.2 Å². The first-order chi connectivity index (χ1) is 7.83. The highest BCUT2D eigenvalue weighted by molar-refractivity contribution is 7.85. The third-order valence-electron chi connectivity index (χ3n) is 3.08. The largest absolute Gasteiger partial charge is 0.315 e. The highest BCUT2D eigenvalue weighted by Crippen LogP contribution is 1.99. The average Bonchev–Trinajstić information content (AvgIpc) is 2.30. The first-order valence-electron chi connectivity index (χ1n) is 6.61. The Morgan fingerprint density at radius 2 is 1.88 bits per heavy atom. The summed E-state index contributed by atoms with van der Waals surface area (Å²) >= 11 is 0. The summed E-state index contributed by atoms with van der Waals surface area (Å²) < 4.78 is 11.2. The monoisotopic (exact) mass is 246 g/mol.